The number of aliphatic hydroxyl groups excluding tert-OH is 2. The average molecular weight is 364 g/mol. The van der Waals surface area contributed by atoms with Gasteiger partial charge in [0.05, 0.1) is 12.2 Å². The minimum atomic E-state index is -0.870. The standard InChI is InChI=1S/C19H28N2O5/c1-19(2,3)26-18(25)20-14-7-4-13(5-8-14)6-9-17(24)21-11-10-15(22)16(23)12-21/h4-5,7-8,15-16,22-23H,6,9-12H2,1-3H3,(H,20,25)/t15-,16-/m0/s1. The summed E-state index contributed by atoms with van der Waals surface area (Å²) in [4.78, 5) is 25.6. The van der Waals surface area contributed by atoms with E-state index in [2.05, 4.69) is 5.32 Å². The van der Waals surface area contributed by atoms with Crippen molar-refractivity contribution < 1.29 is 24.5 Å². The zero-order chi connectivity index (χ0) is 19.3. The number of carbonyl (C=O) groups is 2. The highest BCUT2D eigenvalue weighted by atomic mass is 16.6. The molecular weight excluding hydrogens is 336 g/mol. The Labute approximate surface area is 154 Å². The molecule has 0 bridgehead atoms. The molecule has 7 nitrogen and oxygen atoms in total. The van der Waals surface area contributed by atoms with Crippen molar-refractivity contribution in [2.24, 2.45) is 0 Å². The molecule has 2 rings (SSSR count). The molecule has 1 saturated heterocycles. The first-order valence-electron chi connectivity index (χ1n) is 8.87. The van der Waals surface area contributed by atoms with Crippen LogP contribution in [0, 0.1) is 0 Å². The fourth-order valence-electron chi connectivity index (χ4n) is 2.73. The number of rotatable bonds is 4. The first-order chi connectivity index (χ1) is 12.1. The molecule has 2 amide bonds. The van der Waals surface area contributed by atoms with E-state index in [1.165, 1.54) is 0 Å². The van der Waals surface area contributed by atoms with Gasteiger partial charge in [-0.3, -0.25) is 10.1 Å². The number of hydrogen-bond acceptors (Lipinski definition) is 5. The first kappa shape index (κ1) is 20.2. The molecule has 26 heavy (non-hydrogen) atoms. The van der Waals surface area contributed by atoms with Gasteiger partial charge < -0.3 is 19.8 Å². The molecule has 1 fully saturated rings. The van der Waals surface area contributed by atoms with Crippen LogP contribution in [0.3, 0.4) is 0 Å². The SMILES string of the molecule is CC(C)(C)OC(=O)Nc1ccc(CCC(=O)N2CC[C@H](O)[C@@H](O)C2)cc1. The summed E-state index contributed by atoms with van der Waals surface area (Å²) in [6.45, 7) is 6.05. The number of aryl methyl sites for hydroxylation is 1. The zero-order valence-electron chi connectivity index (χ0n) is 15.6. The molecule has 0 aliphatic carbocycles. The van der Waals surface area contributed by atoms with Gasteiger partial charge in [0, 0.05) is 25.2 Å². The fourth-order valence-corrected chi connectivity index (χ4v) is 2.73. The summed E-state index contributed by atoms with van der Waals surface area (Å²) in [5.74, 6) is -0.0353. The Kier molecular flexibility index (Phi) is 6.61. The van der Waals surface area contributed by atoms with Crippen LogP contribution in [0.15, 0.2) is 24.3 Å². The van der Waals surface area contributed by atoms with Gasteiger partial charge in [-0.2, -0.15) is 0 Å². The van der Waals surface area contributed by atoms with Gasteiger partial charge in [0.25, 0.3) is 0 Å². The van der Waals surface area contributed by atoms with Crippen molar-refractivity contribution >= 4 is 17.7 Å². The Morgan fingerprint density at radius 1 is 1.19 bits per heavy atom. The summed E-state index contributed by atoms with van der Waals surface area (Å²) in [5.41, 5.74) is 1.05. The molecule has 0 saturated carbocycles. The number of carbonyl (C=O) groups excluding carboxylic acids is 2. The average Bonchev–Trinajstić information content (AvgIpc) is 2.54. The first-order valence-corrected chi connectivity index (χ1v) is 8.87. The van der Waals surface area contributed by atoms with E-state index < -0.39 is 23.9 Å². The lowest BCUT2D eigenvalue weighted by molar-refractivity contribution is -0.137. The number of nitrogens with one attached hydrogen (secondary N) is 1. The van der Waals surface area contributed by atoms with Crippen molar-refractivity contribution in [3.05, 3.63) is 29.8 Å². The summed E-state index contributed by atoms with van der Waals surface area (Å²) < 4.78 is 5.20. The largest absolute Gasteiger partial charge is 0.444 e. The topological polar surface area (TPSA) is 99.1 Å². The number of aliphatic hydroxyl groups is 2. The monoisotopic (exact) mass is 364 g/mol. The number of ether oxygens (including phenoxy) is 1. The van der Waals surface area contributed by atoms with Crippen molar-refractivity contribution in [2.75, 3.05) is 18.4 Å². The van der Waals surface area contributed by atoms with Crippen LogP contribution in [0.4, 0.5) is 10.5 Å². The third-order valence-corrected chi connectivity index (χ3v) is 4.13. The molecule has 0 aromatic heterocycles. The summed E-state index contributed by atoms with van der Waals surface area (Å²) in [7, 11) is 0. The van der Waals surface area contributed by atoms with E-state index in [0.29, 0.717) is 31.5 Å². The van der Waals surface area contributed by atoms with Gasteiger partial charge in [-0.1, -0.05) is 12.1 Å². The van der Waals surface area contributed by atoms with Gasteiger partial charge in [0.2, 0.25) is 5.91 Å². The number of nitrogens with zero attached hydrogens (tertiary/aromatic N) is 1. The zero-order valence-corrected chi connectivity index (χ0v) is 15.6. The quantitative estimate of drug-likeness (QED) is 0.758. The van der Waals surface area contributed by atoms with Crippen LogP contribution in [0.1, 0.15) is 39.2 Å². The summed E-state index contributed by atoms with van der Waals surface area (Å²) in [5, 5.41) is 21.8. The maximum Gasteiger partial charge on any atom is 0.412 e. The molecule has 0 spiro atoms. The Morgan fingerprint density at radius 3 is 2.42 bits per heavy atom. The smallest absolute Gasteiger partial charge is 0.412 e. The molecule has 0 radical (unpaired) electrons. The lowest BCUT2D eigenvalue weighted by Crippen LogP contribution is -2.49. The Bertz CT molecular complexity index is 624. The summed E-state index contributed by atoms with van der Waals surface area (Å²) in [6, 6.07) is 7.25. The number of benzene rings is 1. The third-order valence-electron chi connectivity index (χ3n) is 4.13. The fraction of sp³-hybridized carbons (Fsp3) is 0.579. The van der Waals surface area contributed by atoms with E-state index in [1.807, 2.05) is 12.1 Å². The second kappa shape index (κ2) is 8.51. The van der Waals surface area contributed by atoms with Crippen LogP contribution in [-0.2, 0) is 16.0 Å². The summed E-state index contributed by atoms with van der Waals surface area (Å²) >= 11 is 0. The lowest BCUT2D eigenvalue weighted by atomic mass is 10.0. The number of hydrogen-bond donors (Lipinski definition) is 3. The summed E-state index contributed by atoms with van der Waals surface area (Å²) in [6.07, 6.45) is -0.818. The molecule has 144 valence electrons. The van der Waals surface area contributed by atoms with Crippen molar-refractivity contribution in [2.45, 2.75) is 57.8 Å². The number of piperidine rings is 1. The maximum absolute atomic E-state index is 12.2. The van der Waals surface area contributed by atoms with E-state index in [-0.39, 0.29) is 12.5 Å². The van der Waals surface area contributed by atoms with E-state index in [9.17, 15) is 19.8 Å². The highest BCUT2D eigenvalue weighted by Crippen LogP contribution is 2.16. The van der Waals surface area contributed by atoms with Crippen LogP contribution in [-0.4, -0.2) is 58.0 Å². The highest BCUT2D eigenvalue weighted by molar-refractivity contribution is 5.84. The van der Waals surface area contributed by atoms with Gasteiger partial charge in [0.1, 0.15) is 5.60 Å². The van der Waals surface area contributed by atoms with Gasteiger partial charge in [-0.05, 0) is 51.3 Å². The molecular formula is C19H28N2O5. The lowest BCUT2D eigenvalue weighted by Gasteiger charge is -2.33. The molecule has 1 aromatic rings. The molecule has 1 aliphatic rings. The number of likely N-dealkylation sites (tertiary alicyclic amines) is 1. The van der Waals surface area contributed by atoms with Crippen molar-refractivity contribution in [3.63, 3.8) is 0 Å². The molecule has 0 unspecified atom stereocenters. The second-order valence-electron chi connectivity index (χ2n) is 7.59. The van der Waals surface area contributed by atoms with Crippen molar-refractivity contribution in [3.8, 4) is 0 Å². The predicted octanol–water partition coefficient (Wildman–Crippen LogP) is 1.92. The maximum atomic E-state index is 12.2. The van der Waals surface area contributed by atoms with Gasteiger partial charge in [0.15, 0.2) is 0 Å². The number of amides is 2. The van der Waals surface area contributed by atoms with E-state index in [4.69, 9.17) is 4.74 Å². The van der Waals surface area contributed by atoms with E-state index in [0.717, 1.165) is 5.56 Å². The normalized spacial score (nSPS) is 20.6. The molecule has 7 heteroatoms. The van der Waals surface area contributed by atoms with Gasteiger partial charge >= 0.3 is 6.09 Å². The Balaban J connectivity index is 1.80. The second-order valence-corrected chi connectivity index (χ2v) is 7.59. The molecule has 2 atom stereocenters. The number of β-amino-alcohol motifs (C(OH)–C–C–N with tert-alkyl or cyclic N) is 1. The Morgan fingerprint density at radius 2 is 1.85 bits per heavy atom. The molecule has 3 N–H and O–H groups in total. The highest BCUT2D eigenvalue weighted by Gasteiger charge is 2.28. The number of anilines is 1. The van der Waals surface area contributed by atoms with Crippen molar-refractivity contribution in [1.29, 1.82) is 0 Å². The van der Waals surface area contributed by atoms with Crippen LogP contribution in [0.25, 0.3) is 0 Å². The van der Waals surface area contributed by atoms with Crippen LogP contribution in [0.2, 0.25) is 0 Å². The van der Waals surface area contributed by atoms with Crippen LogP contribution in [0.5, 0.6) is 0 Å². The van der Waals surface area contributed by atoms with Crippen molar-refractivity contribution in [1.82, 2.24) is 4.90 Å². The van der Waals surface area contributed by atoms with Crippen LogP contribution >= 0.6 is 0 Å². The molecule has 1 aliphatic heterocycles. The van der Waals surface area contributed by atoms with Gasteiger partial charge in [-0.15, -0.1) is 0 Å². The molecule has 1 heterocycles. The van der Waals surface area contributed by atoms with E-state index >= 15 is 0 Å². The van der Waals surface area contributed by atoms with E-state index in [1.54, 1.807) is 37.8 Å². The molecule has 1 aromatic carbocycles. The minimum absolute atomic E-state index is 0.0353. The minimum Gasteiger partial charge on any atom is -0.444 e. The Hall–Kier alpha value is -2.12. The predicted molar refractivity (Wildman–Crippen MR) is 97.8 cm³/mol. The third kappa shape index (κ3) is 6.31. The van der Waals surface area contributed by atoms with Gasteiger partial charge in [-0.25, -0.2) is 4.79 Å². The van der Waals surface area contributed by atoms with Crippen LogP contribution < -0.4 is 5.32 Å².